The standard InChI is InChI=1S/C25H24N2O5S/c1-3-23(25(29)27-18-9-12-21-22(14-18)32-15-31-21)33-20-6-4-5-17(13-20)26-24(28)16-7-10-19(30-2)11-8-16/h4-14,23H,3,15H2,1-2H3,(H,26,28)(H,27,29). The second-order valence-electron chi connectivity index (χ2n) is 7.28. The van der Waals surface area contributed by atoms with Gasteiger partial charge in [-0.15, -0.1) is 11.8 Å². The van der Waals surface area contributed by atoms with E-state index in [0.29, 0.717) is 40.6 Å². The number of carbonyl (C=O) groups is 2. The highest BCUT2D eigenvalue weighted by atomic mass is 32.2. The molecule has 0 spiro atoms. The molecular formula is C25H24N2O5S. The van der Waals surface area contributed by atoms with Gasteiger partial charge in [0.05, 0.1) is 12.4 Å². The molecule has 0 radical (unpaired) electrons. The molecule has 0 aliphatic carbocycles. The fraction of sp³-hybridized carbons (Fsp3) is 0.200. The molecule has 0 fully saturated rings. The first kappa shape index (κ1) is 22.5. The van der Waals surface area contributed by atoms with Crippen LogP contribution in [0.5, 0.6) is 17.2 Å². The number of hydrogen-bond donors (Lipinski definition) is 2. The summed E-state index contributed by atoms with van der Waals surface area (Å²) < 4.78 is 15.8. The van der Waals surface area contributed by atoms with Crippen LogP contribution in [0.3, 0.4) is 0 Å². The van der Waals surface area contributed by atoms with E-state index in [9.17, 15) is 9.59 Å². The summed E-state index contributed by atoms with van der Waals surface area (Å²) >= 11 is 1.45. The van der Waals surface area contributed by atoms with Gasteiger partial charge >= 0.3 is 0 Å². The molecule has 0 bridgehead atoms. The van der Waals surface area contributed by atoms with E-state index in [2.05, 4.69) is 10.6 Å². The number of anilines is 2. The number of fused-ring (bicyclic) bond motifs is 1. The summed E-state index contributed by atoms with van der Waals surface area (Å²) in [6, 6.07) is 19.7. The van der Waals surface area contributed by atoms with Gasteiger partial charge in [0.15, 0.2) is 11.5 Å². The Kier molecular flexibility index (Phi) is 7.04. The Morgan fingerprint density at radius 2 is 1.73 bits per heavy atom. The molecule has 3 aromatic rings. The van der Waals surface area contributed by atoms with Crippen LogP contribution in [-0.4, -0.2) is 31.0 Å². The van der Waals surface area contributed by atoms with Crippen molar-refractivity contribution in [2.75, 3.05) is 24.5 Å². The van der Waals surface area contributed by atoms with E-state index >= 15 is 0 Å². The van der Waals surface area contributed by atoms with Gasteiger partial charge in [-0.2, -0.15) is 0 Å². The van der Waals surface area contributed by atoms with Crippen LogP contribution in [0, 0.1) is 0 Å². The number of carbonyl (C=O) groups excluding carboxylic acids is 2. The Labute approximate surface area is 196 Å². The molecule has 4 rings (SSSR count). The normalized spacial score (nSPS) is 12.7. The first-order valence-corrected chi connectivity index (χ1v) is 11.4. The number of ether oxygens (including phenoxy) is 3. The molecule has 1 aliphatic heterocycles. The van der Waals surface area contributed by atoms with Crippen LogP contribution in [0.4, 0.5) is 11.4 Å². The van der Waals surface area contributed by atoms with E-state index in [0.717, 1.165) is 4.90 Å². The smallest absolute Gasteiger partial charge is 0.255 e. The summed E-state index contributed by atoms with van der Waals surface area (Å²) in [6.45, 7) is 2.15. The predicted octanol–water partition coefficient (Wildman–Crippen LogP) is 5.19. The lowest BCUT2D eigenvalue weighted by molar-refractivity contribution is -0.115. The first-order chi connectivity index (χ1) is 16.1. The van der Waals surface area contributed by atoms with Gasteiger partial charge < -0.3 is 24.8 Å². The zero-order valence-corrected chi connectivity index (χ0v) is 19.1. The van der Waals surface area contributed by atoms with Crippen molar-refractivity contribution < 1.29 is 23.8 Å². The summed E-state index contributed by atoms with van der Waals surface area (Å²) in [6.07, 6.45) is 0.642. The lowest BCUT2D eigenvalue weighted by Gasteiger charge is -2.16. The molecule has 2 amide bonds. The van der Waals surface area contributed by atoms with Gasteiger partial charge in [-0.1, -0.05) is 13.0 Å². The zero-order valence-electron chi connectivity index (χ0n) is 18.3. The lowest BCUT2D eigenvalue weighted by Crippen LogP contribution is -2.24. The Hall–Kier alpha value is -3.65. The minimum Gasteiger partial charge on any atom is -0.497 e. The van der Waals surface area contributed by atoms with E-state index in [1.807, 2.05) is 31.2 Å². The molecule has 0 aromatic heterocycles. The number of rotatable bonds is 8. The molecule has 33 heavy (non-hydrogen) atoms. The summed E-state index contributed by atoms with van der Waals surface area (Å²) in [5.41, 5.74) is 1.85. The fourth-order valence-corrected chi connectivity index (χ4v) is 4.29. The molecular weight excluding hydrogens is 440 g/mol. The van der Waals surface area contributed by atoms with Crippen molar-refractivity contribution in [1.82, 2.24) is 0 Å². The van der Waals surface area contributed by atoms with Gasteiger partial charge in [-0.3, -0.25) is 9.59 Å². The van der Waals surface area contributed by atoms with Crippen molar-refractivity contribution in [3.8, 4) is 17.2 Å². The van der Waals surface area contributed by atoms with Crippen LogP contribution < -0.4 is 24.8 Å². The van der Waals surface area contributed by atoms with E-state index in [-0.39, 0.29) is 23.9 Å². The quantitative estimate of drug-likeness (QED) is 0.447. The van der Waals surface area contributed by atoms with Crippen LogP contribution >= 0.6 is 11.8 Å². The Morgan fingerprint density at radius 3 is 2.48 bits per heavy atom. The average molecular weight is 465 g/mol. The number of thioether (sulfide) groups is 1. The Bertz CT molecular complexity index is 1150. The molecule has 0 saturated heterocycles. The van der Waals surface area contributed by atoms with Crippen molar-refractivity contribution in [1.29, 1.82) is 0 Å². The summed E-state index contributed by atoms with van der Waals surface area (Å²) in [5, 5.41) is 5.54. The van der Waals surface area contributed by atoms with Gasteiger partial charge in [-0.05, 0) is 61.0 Å². The van der Waals surface area contributed by atoms with E-state index in [1.54, 1.807) is 49.6 Å². The van der Waals surface area contributed by atoms with E-state index < -0.39 is 0 Å². The third-order valence-corrected chi connectivity index (χ3v) is 6.38. The highest BCUT2D eigenvalue weighted by molar-refractivity contribution is 8.00. The summed E-state index contributed by atoms with van der Waals surface area (Å²) in [5.74, 6) is 1.66. The van der Waals surface area contributed by atoms with Gasteiger partial charge in [0.1, 0.15) is 5.75 Å². The van der Waals surface area contributed by atoms with Crippen LogP contribution in [0.15, 0.2) is 71.6 Å². The topological polar surface area (TPSA) is 85.9 Å². The van der Waals surface area contributed by atoms with Gasteiger partial charge in [0, 0.05) is 27.9 Å². The lowest BCUT2D eigenvalue weighted by atomic mass is 10.2. The van der Waals surface area contributed by atoms with Crippen molar-refractivity contribution in [3.63, 3.8) is 0 Å². The van der Waals surface area contributed by atoms with Gasteiger partial charge in [-0.25, -0.2) is 0 Å². The van der Waals surface area contributed by atoms with Crippen molar-refractivity contribution in [3.05, 3.63) is 72.3 Å². The fourth-order valence-electron chi connectivity index (χ4n) is 3.28. The second-order valence-corrected chi connectivity index (χ2v) is 8.56. The van der Waals surface area contributed by atoms with Crippen LogP contribution in [-0.2, 0) is 4.79 Å². The molecule has 3 aromatic carbocycles. The Balaban J connectivity index is 1.39. The number of nitrogens with one attached hydrogen (secondary N) is 2. The molecule has 7 nitrogen and oxygen atoms in total. The number of benzene rings is 3. The van der Waals surface area contributed by atoms with Crippen LogP contribution in [0.25, 0.3) is 0 Å². The minimum atomic E-state index is -0.303. The van der Waals surface area contributed by atoms with Gasteiger partial charge in [0.25, 0.3) is 5.91 Å². The highest BCUT2D eigenvalue weighted by Crippen LogP contribution is 2.35. The molecule has 1 atom stereocenters. The molecule has 8 heteroatoms. The minimum absolute atomic E-state index is 0.103. The molecule has 0 saturated carbocycles. The van der Waals surface area contributed by atoms with Crippen LogP contribution in [0.2, 0.25) is 0 Å². The first-order valence-electron chi connectivity index (χ1n) is 10.5. The highest BCUT2D eigenvalue weighted by Gasteiger charge is 2.20. The van der Waals surface area contributed by atoms with E-state index in [1.165, 1.54) is 11.8 Å². The maximum absolute atomic E-state index is 12.9. The third-order valence-electron chi connectivity index (χ3n) is 5.03. The van der Waals surface area contributed by atoms with Crippen molar-refractivity contribution in [2.24, 2.45) is 0 Å². The monoisotopic (exact) mass is 464 g/mol. The van der Waals surface area contributed by atoms with Crippen molar-refractivity contribution >= 4 is 35.0 Å². The number of methoxy groups -OCH3 is 1. The predicted molar refractivity (Wildman–Crippen MR) is 129 cm³/mol. The van der Waals surface area contributed by atoms with Gasteiger partial charge in [0.2, 0.25) is 12.7 Å². The average Bonchev–Trinajstić information content (AvgIpc) is 3.30. The maximum atomic E-state index is 12.9. The Morgan fingerprint density at radius 1 is 0.970 bits per heavy atom. The molecule has 170 valence electrons. The molecule has 2 N–H and O–H groups in total. The molecule has 1 unspecified atom stereocenters. The number of hydrogen-bond acceptors (Lipinski definition) is 6. The molecule has 1 heterocycles. The number of amides is 2. The molecule has 1 aliphatic rings. The SMILES string of the molecule is CCC(Sc1cccc(NC(=O)c2ccc(OC)cc2)c1)C(=O)Nc1ccc2c(c1)OCO2. The summed E-state index contributed by atoms with van der Waals surface area (Å²) in [7, 11) is 1.58. The zero-order chi connectivity index (χ0) is 23.2. The van der Waals surface area contributed by atoms with Crippen LogP contribution in [0.1, 0.15) is 23.7 Å². The summed E-state index contributed by atoms with van der Waals surface area (Å²) in [4.78, 5) is 26.3. The van der Waals surface area contributed by atoms with E-state index in [4.69, 9.17) is 14.2 Å². The second kappa shape index (κ2) is 10.3. The largest absolute Gasteiger partial charge is 0.497 e. The van der Waals surface area contributed by atoms with Crippen molar-refractivity contribution in [2.45, 2.75) is 23.5 Å². The third kappa shape index (κ3) is 5.59. The maximum Gasteiger partial charge on any atom is 0.255 e.